The highest BCUT2D eigenvalue weighted by atomic mass is 16.5. The van der Waals surface area contributed by atoms with Crippen LogP contribution < -0.4 is 16.0 Å². The van der Waals surface area contributed by atoms with Crippen molar-refractivity contribution in [1.82, 2.24) is 16.0 Å². The summed E-state index contributed by atoms with van der Waals surface area (Å²) in [5.41, 5.74) is 0. The molecular weight excluding hydrogens is 226 g/mol. The summed E-state index contributed by atoms with van der Waals surface area (Å²) in [6.45, 7) is 1.23. The van der Waals surface area contributed by atoms with E-state index in [0.717, 1.165) is 19.4 Å². The second-order valence-corrected chi connectivity index (χ2v) is 4.21. The van der Waals surface area contributed by atoms with Crippen LogP contribution in [-0.2, 0) is 14.3 Å². The zero-order valence-electron chi connectivity index (χ0n) is 9.32. The largest absolute Gasteiger partial charge is 0.448 e. The van der Waals surface area contributed by atoms with E-state index in [9.17, 15) is 14.4 Å². The van der Waals surface area contributed by atoms with E-state index in [-0.39, 0.29) is 25.0 Å². The van der Waals surface area contributed by atoms with Gasteiger partial charge in [-0.3, -0.25) is 14.9 Å². The van der Waals surface area contributed by atoms with Crippen LogP contribution in [0.1, 0.15) is 19.3 Å². The molecule has 2 aliphatic heterocycles. The molecule has 2 fully saturated rings. The van der Waals surface area contributed by atoms with E-state index >= 15 is 0 Å². The molecular formula is C10H15N3O4. The number of nitrogens with one attached hydrogen (secondary N) is 3. The van der Waals surface area contributed by atoms with E-state index in [4.69, 9.17) is 4.74 Å². The molecule has 0 bridgehead atoms. The highest BCUT2D eigenvalue weighted by Crippen LogP contribution is 2.06. The number of hydrogen-bond acceptors (Lipinski definition) is 5. The average molecular weight is 241 g/mol. The monoisotopic (exact) mass is 241 g/mol. The Morgan fingerprint density at radius 2 is 2.29 bits per heavy atom. The normalized spacial score (nSPS) is 28.0. The Bertz CT molecular complexity index is 338. The molecule has 17 heavy (non-hydrogen) atoms. The van der Waals surface area contributed by atoms with Crippen LogP contribution in [0.25, 0.3) is 0 Å². The van der Waals surface area contributed by atoms with Crippen molar-refractivity contribution in [2.45, 2.75) is 31.3 Å². The number of ether oxygens (including phenoxy) is 1. The van der Waals surface area contributed by atoms with Gasteiger partial charge in [0.05, 0.1) is 6.42 Å². The molecule has 2 rings (SSSR count). The summed E-state index contributed by atoms with van der Waals surface area (Å²) in [6.07, 6.45) is 1.38. The summed E-state index contributed by atoms with van der Waals surface area (Å²) in [7, 11) is 0. The first-order valence-electron chi connectivity index (χ1n) is 5.65. The molecule has 2 saturated heterocycles. The number of carbonyl (C=O) groups is 3. The minimum Gasteiger partial charge on any atom is -0.448 e. The van der Waals surface area contributed by atoms with Crippen molar-refractivity contribution < 1.29 is 19.1 Å². The molecule has 1 unspecified atom stereocenters. The molecule has 7 heteroatoms. The lowest BCUT2D eigenvalue weighted by Gasteiger charge is -2.13. The Balaban J connectivity index is 1.69. The minimum atomic E-state index is -0.800. The predicted octanol–water partition coefficient (Wildman–Crippen LogP) is -1.12. The number of hydrogen-bond donors (Lipinski definition) is 3. The van der Waals surface area contributed by atoms with Crippen LogP contribution in [0.2, 0.25) is 0 Å². The first kappa shape index (κ1) is 11.8. The third-order valence-electron chi connectivity index (χ3n) is 2.84. The van der Waals surface area contributed by atoms with Gasteiger partial charge in [0.2, 0.25) is 11.8 Å². The van der Waals surface area contributed by atoms with Crippen LogP contribution in [0.4, 0.5) is 4.79 Å². The van der Waals surface area contributed by atoms with Gasteiger partial charge >= 0.3 is 6.09 Å². The van der Waals surface area contributed by atoms with Crippen LogP contribution in [0.5, 0.6) is 0 Å². The van der Waals surface area contributed by atoms with Crippen LogP contribution in [0.3, 0.4) is 0 Å². The second-order valence-electron chi connectivity index (χ2n) is 4.21. The number of amides is 3. The Morgan fingerprint density at radius 3 is 2.88 bits per heavy atom. The van der Waals surface area contributed by atoms with Crippen LogP contribution >= 0.6 is 0 Å². The summed E-state index contributed by atoms with van der Waals surface area (Å²) in [5.74, 6) is -0.858. The highest BCUT2D eigenvalue weighted by Gasteiger charge is 2.32. The summed E-state index contributed by atoms with van der Waals surface area (Å²) in [5, 5.41) is 7.65. The first-order valence-corrected chi connectivity index (χ1v) is 5.65. The van der Waals surface area contributed by atoms with Gasteiger partial charge in [0.25, 0.3) is 0 Å². The first-order chi connectivity index (χ1) is 8.15. The molecule has 2 atom stereocenters. The molecule has 2 heterocycles. The van der Waals surface area contributed by atoms with E-state index in [1.165, 1.54) is 0 Å². The Kier molecular flexibility index (Phi) is 3.58. The van der Waals surface area contributed by atoms with Gasteiger partial charge < -0.3 is 15.4 Å². The quantitative estimate of drug-likeness (QED) is 0.544. The van der Waals surface area contributed by atoms with Gasteiger partial charge in [-0.25, -0.2) is 4.79 Å². The molecule has 0 radical (unpaired) electrons. The molecule has 3 amide bonds. The van der Waals surface area contributed by atoms with E-state index in [1.54, 1.807) is 0 Å². The van der Waals surface area contributed by atoms with Gasteiger partial charge in [-0.05, 0) is 19.4 Å². The highest BCUT2D eigenvalue weighted by molar-refractivity contribution is 6.06. The van der Waals surface area contributed by atoms with E-state index in [2.05, 4.69) is 16.0 Å². The maximum atomic E-state index is 11.4. The van der Waals surface area contributed by atoms with Crippen molar-refractivity contribution in [2.75, 3.05) is 13.2 Å². The fraction of sp³-hybridized carbons (Fsp3) is 0.700. The molecule has 0 aliphatic carbocycles. The van der Waals surface area contributed by atoms with Crippen molar-refractivity contribution in [2.24, 2.45) is 0 Å². The van der Waals surface area contributed by atoms with Crippen molar-refractivity contribution in [3.05, 3.63) is 0 Å². The summed E-state index contributed by atoms with van der Waals surface area (Å²) in [4.78, 5) is 33.4. The smallest absolute Gasteiger partial charge is 0.407 e. The van der Waals surface area contributed by atoms with E-state index < -0.39 is 18.0 Å². The Hall–Kier alpha value is -1.63. The molecule has 0 aromatic heterocycles. The molecule has 0 spiro atoms. The molecule has 0 aromatic carbocycles. The van der Waals surface area contributed by atoms with Crippen molar-refractivity contribution in [3.8, 4) is 0 Å². The second kappa shape index (κ2) is 5.13. The van der Waals surface area contributed by atoms with Gasteiger partial charge in [0.15, 0.2) is 0 Å². The third kappa shape index (κ3) is 3.16. The number of carbonyl (C=O) groups excluding carboxylic acids is 3. The standard InChI is InChI=1S/C10H15N3O4/c14-8-4-7(9(15)13-8)12-10(16)17-5-6-2-1-3-11-6/h6-7,11H,1-5H2,(H,12,16)(H,13,14,15)/t6-,7?/m0/s1. The van der Waals surface area contributed by atoms with Gasteiger partial charge in [-0.2, -0.15) is 0 Å². The Morgan fingerprint density at radius 1 is 1.47 bits per heavy atom. The van der Waals surface area contributed by atoms with Gasteiger partial charge in [-0.1, -0.05) is 0 Å². The summed E-state index contributed by atoms with van der Waals surface area (Å²) < 4.78 is 4.97. The van der Waals surface area contributed by atoms with Crippen LogP contribution in [0, 0.1) is 0 Å². The van der Waals surface area contributed by atoms with E-state index in [1.807, 2.05) is 0 Å². The van der Waals surface area contributed by atoms with Crippen molar-refractivity contribution >= 4 is 17.9 Å². The van der Waals surface area contributed by atoms with Crippen LogP contribution in [0.15, 0.2) is 0 Å². The minimum absolute atomic E-state index is 0.0182. The van der Waals surface area contributed by atoms with Crippen molar-refractivity contribution in [1.29, 1.82) is 0 Å². The topological polar surface area (TPSA) is 96.5 Å². The fourth-order valence-corrected chi connectivity index (χ4v) is 1.93. The lowest BCUT2D eigenvalue weighted by Crippen LogP contribution is -2.41. The van der Waals surface area contributed by atoms with Crippen LogP contribution in [-0.4, -0.2) is 43.1 Å². The molecule has 0 aromatic rings. The maximum Gasteiger partial charge on any atom is 0.407 e. The van der Waals surface area contributed by atoms with Gasteiger partial charge in [0.1, 0.15) is 12.6 Å². The lowest BCUT2D eigenvalue weighted by molar-refractivity contribution is -0.125. The molecule has 3 N–H and O–H groups in total. The average Bonchev–Trinajstić information content (AvgIpc) is 2.87. The SMILES string of the molecule is O=C1CC(NC(=O)OC[C@@H]2CCCN2)C(=O)N1. The maximum absolute atomic E-state index is 11.4. The molecule has 94 valence electrons. The number of imide groups is 1. The van der Waals surface area contributed by atoms with Gasteiger partial charge in [-0.15, -0.1) is 0 Å². The fourth-order valence-electron chi connectivity index (χ4n) is 1.93. The molecule has 7 nitrogen and oxygen atoms in total. The number of alkyl carbamates (subject to hydrolysis) is 1. The zero-order chi connectivity index (χ0) is 12.3. The Labute approximate surface area is 98.3 Å². The summed E-state index contributed by atoms with van der Waals surface area (Å²) in [6, 6.07) is -0.605. The summed E-state index contributed by atoms with van der Waals surface area (Å²) >= 11 is 0. The lowest BCUT2D eigenvalue weighted by atomic mass is 10.2. The zero-order valence-corrected chi connectivity index (χ0v) is 9.32. The molecule has 2 aliphatic rings. The number of rotatable bonds is 3. The molecule has 0 saturated carbocycles. The predicted molar refractivity (Wildman–Crippen MR) is 57.1 cm³/mol. The van der Waals surface area contributed by atoms with Gasteiger partial charge in [0, 0.05) is 6.04 Å². The third-order valence-corrected chi connectivity index (χ3v) is 2.84. The van der Waals surface area contributed by atoms with Crippen molar-refractivity contribution in [3.63, 3.8) is 0 Å². The van der Waals surface area contributed by atoms with E-state index in [0.29, 0.717) is 0 Å².